The lowest BCUT2D eigenvalue weighted by Crippen LogP contribution is -2.39. The zero-order valence-electron chi connectivity index (χ0n) is 22.0. The molecule has 0 radical (unpaired) electrons. The molecule has 4 N–H and O–H groups in total. The van der Waals surface area contributed by atoms with E-state index in [1.165, 1.54) is 24.3 Å². The molecular weight excluding hydrogens is 486 g/mol. The molecule has 0 amide bonds. The Balaban J connectivity index is 1.37. The number of hydrogen-bond acceptors (Lipinski definition) is 3. The third kappa shape index (κ3) is 5.38. The molecule has 9 heteroatoms. The lowest BCUT2D eigenvalue weighted by atomic mass is 10.1. The minimum Gasteiger partial charge on any atom is -0.489 e. The molecule has 0 unspecified atom stereocenters. The molecule has 0 fully saturated rings. The SMILES string of the molecule is CCN=C(NCCCOc1c2[nH]c3ccc(F)cc3c2cc2c1[nH]c1ccc(F)cc12)NCCCN(C)C. The third-order valence-corrected chi connectivity index (χ3v) is 6.60. The van der Waals surface area contributed by atoms with Crippen molar-refractivity contribution in [2.45, 2.75) is 19.8 Å². The largest absolute Gasteiger partial charge is 0.489 e. The Labute approximate surface area is 220 Å². The van der Waals surface area contributed by atoms with E-state index >= 15 is 0 Å². The number of halogens is 2. The lowest BCUT2D eigenvalue weighted by Gasteiger charge is -2.14. The van der Waals surface area contributed by atoms with Crippen LogP contribution in [-0.4, -0.2) is 67.7 Å². The molecule has 0 saturated carbocycles. The number of aromatic nitrogens is 2. The van der Waals surface area contributed by atoms with Gasteiger partial charge >= 0.3 is 0 Å². The summed E-state index contributed by atoms with van der Waals surface area (Å²) >= 11 is 0. The van der Waals surface area contributed by atoms with Crippen molar-refractivity contribution in [1.29, 1.82) is 0 Å². The molecule has 0 atom stereocenters. The van der Waals surface area contributed by atoms with Crippen LogP contribution in [0, 0.1) is 11.6 Å². The van der Waals surface area contributed by atoms with Gasteiger partial charge in [0.2, 0.25) is 0 Å². The van der Waals surface area contributed by atoms with Crippen molar-refractivity contribution in [3.05, 3.63) is 54.1 Å². The molecule has 0 aliphatic heterocycles. The molecule has 5 rings (SSSR count). The van der Waals surface area contributed by atoms with Crippen LogP contribution in [0.1, 0.15) is 19.8 Å². The van der Waals surface area contributed by atoms with Gasteiger partial charge < -0.3 is 30.2 Å². The number of ether oxygens (including phenoxy) is 1. The van der Waals surface area contributed by atoms with Crippen molar-refractivity contribution in [2.75, 3.05) is 46.9 Å². The van der Waals surface area contributed by atoms with Gasteiger partial charge in [-0.2, -0.15) is 0 Å². The summed E-state index contributed by atoms with van der Waals surface area (Å²) in [5.74, 6) is 0.828. The lowest BCUT2D eigenvalue weighted by molar-refractivity contribution is 0.317. The van der Waals surface area contributed by atoms with Gasteiger partial charge in [0, 0.05) is 52.2 Å². The average molecular weight is 521 g/mol. The zero-order chi connectivity index (χ0) is 26.6. The Morgan fingerprint density at radius 2 is 1.42 bits per heavy atom. The van der Waals surface area contributed by atoms with Crippen LogP contribution in [0.5, 0.6) is 5.75 Å². The summed E-state index contributed by atoms with van der Waals surface area (Å²) in [5.41, 5.74) is 3.20. The van der Waals surface area contributed by atoms with Crippen molar-refractivity contribution >= 4 is 49.6 Å². The van der Waals surface area contributed by atoms with E-state index in [9.17, 15) is 8.78 Å². The number of aliphatic imine (C=N–C) groups is 1. The molecule has 0 bridgehead atoms. The predicted octanol–water partition coefficient (Wildman–Crippen LogP) is 5.51. The summed E-state index contributed by atoms with van der Waals surface area (Å²) < 4.78 is 34.6. The van der Waals surface area contributed by atoms with Gasteiger partial charge in [0.25, 0.3) is 0 Å². The summed E-state index contributed by atoms with van der Waals surface area (Å²) in [6, 6.07) is 11.3. The molecular formula is C29H34F2N6O. The molecule has 2 heterocycles. The van der Waals surface area contributed by atoms with Crippen LogP contribution < -0.4 is 15.4 Å². The number of nitrogens with one attached hydrogen (secondary N) is 4. The molecule has 38 heavy (non-hydrogen) atoms. The van der Waals surface area contributed by atoms with Crippen LogP contribution in [0.3, 0.4) is 0 Å². The Morgan fingerprint density at radius 1 is 0.842 bits per heavy atom. The third-order valence-electron chi connectivity index (χ3n) is 6.60. The first kappa shape index (κ1) is 25.8. The number of hydrogen-bond donors (Lipinski definition) is 4. The van der Waals surface area contributed by atoms with Crippen molar-refractivity contribution in [3.63, 3.8) is 0 Å². The summed E-state index contributed by atoms with van der Waals surface area (Å²) in [5, 5.41) is 9.95. The summed E-state index contributed by atoms with van der Waals surface area (Å²) in [6.07, 6.45) is 1.77. The second kappa shape index (κ2) is 11.3. The maximum Gasteiger partial charge on any atom is 0.191 e. The Hall–Kier alpha value is -3.85. The number of benzene rings is 3. The summed E-state index contributed by atoms with van der Waals surface area (Å²) in [6.45, 7) is 5.71. The minimum atomic E-state index is -0.308. The molecule has 0 aliphatic carbocycles. The van der Waals surface area contributed by atoms with E-state index in [4.69, 9.17) is 4.74 Å². The molecule has 3 aromatic carbocycles. The first-order valence-corrected chi connectivity index (χ1v) is 13.1. The topological polar surface area (TPSA) is 80.5 Å². The van der Waals surface area contributed by atoms with E-state index in [1.807, 2.05) is 13.0 Å². The molecule has 5 aromatic rings. The van der Waals surface area contributed by atoms with Crippen LogP contribution >= 0.6 is 0 Å². The highest BCUT2D eigenvalue weighted by Crippen LogP contribution is 2.41. The standard InChI is InChI=1S/C29H34F2N6O/c1-4-32-29(33-11-5-13-37(2)3)34-12-6-14-38-28-26-22(20-15-18(30)7-9-24(20)35-26)17-23-21-16-19(31)8-10-25(21)36-27(23)28/h7-10,15-17,35-36H,4-6,11-14H2,1-3H3,(H2,32,33,34). The first-order valence-electron chi connectivity index (χ1n) is 13.1. The maximum absolute atomic E-state index is 14.1. The van der Waals surface area contributed by atoms with Gasteiger partial charge in [-0.15, -0.1) is 0 Å². The van der Waals surface area contributed by atoms with Gasteiger partial charge in [-0.25, -0.2) is 8.78 Å². The fourth-order valence-electron chi connectivity index (χ4n) is 4.83. The van der Waals surface area contributed by atoms with Crippen molar-refractivity contribution in [2.24, 2.45) is 4.99 Å². The minimum absolute atomic E-state index is 0.308. The van der Waals surface area contributed by atoms with Gasteiger partial charge in [0.15, 0.2) is 11.7 Å². The second-order valence-corrected chi connectivity index (χ2v) is 9.72. The fraction of sp³-hybridized carbons (Fsp3) is 0.345. The van der Waals surface area contributed by atoms with Gasteiger partial charge in [0.05, 0.1) is 17.6 Å². The molecule has 0 aliphatic rings. The normalized spacial score (nSPS) is 12.4. The van der Waals surface area contributed by atoms with E-state index < -0.39 is 0 Å². The zero-order valence-corrected chi connectivity index (χ0v) is 22.0. The smallest absolute Gasteiger partial charge is 0.191 e. The Bertz CT molecular complexity index is 1510. The van der Waals surface area contributed by atoms with Gasteiger partial charge in [-0.3, -0.25) is 4.99 Å². The van der Waals surface area contributed by atoms with Crippen LogP contribution in [0.4, 0.5) is 8.78 Å². The number of aromatic amines is 2. The molecule has 200 valence electrons. The van der Waals surface area contributed by atoms with Crippen LogP contribution in [0.25, 0.3) is 43.6 Å². The Kier molecular flexibility index (Phi) is 7.64. The number of fused-ring (bicyclic) bond motifs is 6. The highest BCUT2D eigenvalue weighted by molar-refractivity contribution is 6.20. The Morgan fingerprint density at radius 3 is 1.97 bits per heavy atom. The number of guanidine groups is 1. The number of rotatable bonds is 10. The second-order valence-electron chi connectivity index (χ2n) is 9.72. The van der Waals surface area contributed by atoms with Gasteiger partial charge in [-0.1, -0.05) is 0 Å². The number of nitrogens with zero attached hydrogens (tertiary/aromatic N) is 2. The first-order chi connectivity index (χ1) is 18.4. The van der Waals surface area contributed by atoms with Crippen molar-refractivity contribution < 1.29 is 13.5 Å². The quantitative estimate of drug-likeness (QED) is 0.111. The number of H-pyrrole nitrogens is 2. The average Bonchev–Trinajstić information content (AvgIpc) is 3.43. The highest BCUT2D eigenvalue weighted by Gasteiger charge is 2.18. The van der Waals surface area contributed by atoms with E-state index in [2.05, 4.69) is 44.6 Å². The monoisotopic (exact) mass is 520 g/mol. The molecule has 7 nitrogen and oxygen atoms in total. The summed E-state index contributed by atoms with van der Waals surface area (Å²) in [7, 11) is 4.13. The predicted molar refractivity (Wildman–Crippen MR) is 152 cm³/mol. The van der Waals surface area contributed by atoms with Crippen LogP contribution in [0.2, 0.25) is 0 Å². The van der Waals surface area contributed by atoms with Crippen LogP contribution in [-0.2, 0) is 0 Å². The highest BCUT2D eigenvalue weighted by atomic mass is 19.1. The van der Waals surface area contributed by atoms with Crippen LogP contribution in [0.15, 0.2) is 47.5 Å². The van der Waals surface area contributed by atoms with E-state index in [0.29, 0.717) is 25.4 Å². The maximum atomic E-state index is 14.1. The van der Waals surface area contributed by atoms with Gasteiger partial charge in [-0.05, 0) is 82.9 Å². The van der Waals surface area contributed by atoms with Crippen molar-refractivity contribution in [3.8, 4) is 5.75 Å². The molecule has 2 aromatic heterocycles. The fourth-order valence-corrected chi connectivity index (χ4v) is 4.83. The van der Waals surface area contributed by atoms with Gasteiger partial charge in [0.1, 0.15) is 11.6 Å². The molecule has 0 saturated heterocycles. The van der Waals surface area contributed by atoms with Crippen molar-refractivity contribution in [1.82, 2.24) is 25.5 Å². The van der Waals surface area contributed by atoms with E-state index in [-0.39, 0.29) is 11.6 Å². The summed E-state index contributed by atoms with van der Waals surface area (Å²) in [4.78, 5) is 13.5. The molecule has 0 spiro atoms. The van der Waals surface area contributed by atoms with E-state index in [0.717, 1.165) is 75.5 Å². The van der Waals surface area contributed by atoms with E-state index in [1.54, 1.807) is 12.1 Å².